The van der Waals surface area contributed by atoms with E-state index in [0.29, 0.717) is 12.5 Å². The van der Waals surface area contributed by atoms with Gasteiger partial charge in [0.2, 0.25) is 5.91 Å². The maximum atomic E-state index is 12.4. The number of nitrogens with two attached hydrogens (primary N) is 1. The smallest absolute Gasteiger partial charge is 0.244 e. The molecule has 4 heteroatoms. The fraction of sp³-hybridized carbons (Fsp3) is 0.533. The molecule has 1 amide bonds. The quantitative estimate of drug-likeness (QED) is 0.899. The van der Waals surface area contributed by atoms with Crippen LogP contribution in [0.1, 0.15) is 24.9 Å². The summed E-state index contributed by atoms with van der Waals surface area (Å²) in [7, 11) is 1.70. The number of hydrogen-bond acceptors (Lipinski definition) is 3. The second-order valence-electron chi connectivity index (χ2n) is 5.21. The summed E-state index contributed by atoms with van der Waals surface area (Å²) < 4.78 is 5.43. The van der Waals surface area contributed by atoms with Gasteiger partial charge in [-0.1, -0.05) is 37.3 Å². The lowest BCUT2D eigenvalue weighted by molar-refractivity contribution is -0.137. The number of methoxy groups -OCH3 is 1. The lowest BCUT2D eigenvalue weighted by Gasteiger charge is -2.37. The minimum atomic E-state index is -0.577. The molecule has 0 spiro atoms. The van der Waals surface area contributed by atoms with Crippen LogP contribution in [0, 0.1) is 5.92 Å². The first-order chi connectivity index (χ1) is 9.13. The molecule has 0 bridgehead atoms. The number of rotatable bonds is 3. The molecule has 0 aromatic heterocycles. The molecule has 1 aliphatic heterocycles. The molecule has 1 aromatic carbocycles. The van der Waals surface area contributed by atoms with Crippen LogP contribution in [0.15, 0.2) is 30.3 Å². The lowest BCUT2D eigenvalue weighted by Crippen LogP contribution is -2.49. The third-order valence-electron chi connectivity index (χ3n) is 3.93. The number of benzene rings is 1. The van der Waals surface area contributed by atoms with E-state index >= 15 is 0 Å². The Morgan fingerprint density at radius 3 is 2.74 bits per heavy atom. The first kappa shape index (κ1) is 14.0. The van der Waals surface area contributed by atoms with Crippen LogP contribution in [0.25, 0.3) is 0 Å². The highest BCUT2D eigenvalue weighted by Gasteiger charge is 2.31. The molecule has 0 aliphatic carbocycles. The van der Waals surface area contributed by atoms with Gasteiger partial charge in [-0.3, -0.25) is 4.79 Å². The fourth-order valence-electron chi connectivity index (χ4n) is 2.54. The summed E-state index contributed by atoms with van der Waals surface area (Å²) in [6.45, 7) is 3.56. The Morgan fingerprint density at radius 2 is 2.11 bits per heavy atom. The number of nitrogens with zero attached hydrogens (tertiary/aromatic N) is 1. The van der Waals surface area contributed by atoms with Gasteiger partial charge in [-0.15, -0.1) is 0 Å². The van der Waals surface area contributed by atoms with E-state index in [0.717, 1.165) is 18.5 Å². The average Bonchev–Trinajstić information content (AvgIpc) is 2.47. The Balaban J connectivity index is 2.04. The van der Waals surface area contributed by atoms with Gasteiger partial charge in [-0.05, 0) is 17.9 Å². The van der Waals surface area contributed by atoms with Crippen molar-refractivity contribution in [2.45, 2.75) is 25.5 Å². The SMILES string of the molecule is COC1CN(C(=O)[C@H](N)c2ccccc2)CCC1C. The maximum absolute atomic E-state index is 12.4. The number of hydrogen-bond donors (Lipinski definition) is 1. The van der Waals surface area contributed by atoms with Gasteiger partial charge in [0.25, 0.3) is 0 Å². The zero-order chi connectivity index (χ0) is 13.8. The van der Waals surface area contributed by atoms with Crippen molar-refractivity contribution in [3.63, 3.8) is 0 Å². The molecule has 19 heavy (non-hydrogen) atoms. The normalized spacial score (nSPS) is 25.1. The highest BCUT2D eigenvalue weighted by Crippen LogP contribution is 2.22. The van der Waals surface area contributed by atoms with Crippen LogP contribution < -0.4 is 5.73 Å². The number of amides is 1. The van der Waals surface area contributed by atoms with Gasteiger partial charge in [0.15, 0.2) is 0 Å². The van der Waals surface area contributed by atoms with Gasteiger partial charge < -0.3 is 15.4 Å². The van der Waals surface area contributed by atoms with Gasteiger partial charge in [0, 0.05) is 20.2 Å². The highest BCUT2D eigenvalue weighted by atomic mass is 16.5. The summed E-state index contributed by atoms with van der Waals surface area (Å²) in [5.41, 5.74) is 6.92. The molecule has 1 aromatic rings. The van der Waals surface area contributed by atoms with Crippen LogP contribution in [0.3, 0.4) is 0 Å². The van der Waals surface area contributed by atoms with Gasteiger partial charge in [0.05, 0.1) is 6.10 Å². The Labute approximate surface area is 114 Å². The van der Waals surface area contributed by atoms with E-state index in [1.165, 1.54) is 0 Å². The number of ether oxygens (including phenoxy) is 1. The molecule has 0 radical (unpaired) electrons. The van der Waals surface area contributed by atoms with Crippen LogP contribution in [0.4, 0.5) is 0 Å². The van der Waals surface area contributed by atoms with E-state index in [4.69, 9.17) is 10.5 Å². The zero-order valence-corrected chi connectivity index (χ0v) is 11.6. The minimum absolute atomic E-state index is 0.0137. The van der Waals surface area contributed by atoms with Gasteiger partial charge in [-0.2, -0.15) is 0 Å². The zero-order valence-electron chi connectivity index (χ0n) is 11.6. The second kappa shape index (κ2) is 6.17. The molecule has 2 unspecified atom stereocenters. The fourth-order valence-corrected chi connectivity index (χ4v) is 2.54. The summed E-state index contributed by atoms with van der Waals surface area (Å²) in [6.07, 6.45) is 1.08. The Morgan fingerprint density at radius 1 is 1.42 bits per heavy atom. The van der Waals surface area contributed by atoms with Crippen molar-refractivity contribution in [3.05, 3.63) is 35.9 Å². The second-order valence-corrected chi connectivity index (χ2v) is 5.21. The highest BCUT2D eigenvalue weighted by molar-refractivity contribution is 5.83. The Hall–Kier alpha value is -1.39. The van der Waals surface area contributed by atoms with Crippen molar-refractivity contribution < 1.29 is 9.53 Å². The van der Waals surface area contributed by atoms with Gasteiger partial charge >= 0.3 is 0 Å². The number of piperidine rings is 1. The molecule has 104 valence electrons. The number of carbonyl (C=O) groups excluding carboxylic acids is 1. The molecule has 4 nitrogen and oxygen atoms in total. The van der Waals surface area contributed by atoms with Crippen LogP contribution >= 0.6 is 0 Å². The van der Waals surface area contributed by atoms with E-state index in [1.807, 2.05) is 35.2 Å². The predicted molar refractivity (Wildman–Crippen MR) is 74.5 cm³/mol. The van der Waals surface area contributed by atoms with Crippen molar-refractivity contribution in [2.24, 2.45) is 11.7 Å². The number of carbonyl (C=O) groups is 1. The Bertz CT molecular complexity index is 421. The summed E-state index contributed by atoms with van der Waals surface area (Å²) in [5.74, 6) is 0.474. The van der Waals surface area contributed by atoms with Crippen molar-refractivity contribution in [1.82, 2.24) is 4.90 Å². The van der Waals surface area contributed by atoms with Crippen molar-refractivity contribution >= 4 is 5.91 Å². The topological polar surface area (TPSA) is 55.6 Å². The van der Waals surface area contributed by atoms with Crippen LogP contribution in [0.2, 0.25) is 0 Å². The van der Waals surface area contributed by atoms with E-state index in [2.05, 4.69) is 6.92 Å². The molecule has 0 saturated carbocycles. The van der Waals surface area contributed by atoms with Crippen molar-refractivity contribution in [2.75, 3.05) is 20.2 Å². The molecule has 1 saturated heterocycles. The summed E-state index contributed by atoms with van der Waals surface area (Å²) >= 11 is 0. The summed E-state index contributed by atoms with van der Waals surface area (Å²) in [6, 6.07) is 8.93. The van der Waals surface area contributed by atoms with Crippen LogP contribution in [-0.4, -0.2) is 37.1 Å². The standard InChI is InChI=1S/C15H22N2O2/c1-11-8-9-17(10-13(11)19-2)15(18)14(16)12-6-4-3-5-7-12/h3-7,11,13-14H,8-10,16H2,1-2H3/t11?,13?,14-/m1/s1. The van der Waals surface area contributed by atoms with Crippen molar-refractivity contribution in [1.29, 1.82) is 0 Å². The molecule has 1 aliphatic rings. The molecule has 1 heterocycles. The third kappa shape index (κ3) is 3.14. The third-order valence-corrected chi connectivity index (χ3v) is 3.93. The minimum Gasteiger partial charge on any atom is -0.379 e. The van der Waals surface area contributed by atoms with Crippen LogP contribution in [0.5, 0.6) is 0 Å². The molecule has 3 atom stereocenters. The molecular weight excluding hydrogens is 240 g/mol. The first-order valence-electron chi connectivity index (χ1n) is 6.75. The van der Waals surface area contributed by atoms with Crippen molar-refractivity contribution in [3.8, 4) is 0 Å². The largest absolute Gasteiger partial charge is 0.379 e. The van der Waals surface area contributed by atoms with E-state index in [-0.39, 0.29) is 12.0 Å². The number of likely N-dealkylation sites (tertiary alicyclic amines) is 1. The lowest BCUT2D eigenvalue weighted by atomic mass is 9.95. The average molecular weight is 262 g/mol. The van der Waals surface area contributed by atoms with E-state index < -0.39 is 6.04 Å². The van der Waals surface area contributed by atoms with E-state index in [9.17, 15) is 4.79 Å². The first-order valence-corrected chi connectivity index (χ1v) is 6.75. The van der Waals surface area contributed by atoms with E-state index in [1.54, 1.807) is 7.11 Å². The molecule has 1 fully saturated rings. The molecule has 2 N–H and O–H groups in total. The molecule has 2 rings (SSSR count). The predicted octanol–water partition coefficient (Wildman–Crippen LogP) is 1.57. The van der Waals surface area contributed by atoms with Crippen LogP contribution in [-0.2, 0) is 9.53 Å². The summed E-state index contributed by atoms with van der Waals surface area (Å²) in [5, 5.41) is 0. The summed E-state index contributed by atoms with van der Waals surface area (Å²) in [4.78, 5) is 14.2. The maximum Gasteiger partial charge on any atom is 0.244 e. The van der Waals surface area contributed by atoms with Gasteiger partial charge in [0.1, 0.15) is 6.04 Å². The monoisotopic (exact) mass is 262 g/mol. The molecular formula is C15H22N2O2. The van der Waals surface area contributed by atoms with Gasteiger partial charge in [-0.25, -0.2) is 0 Å². The Kier molecular flexibility index (Phi) is 4.56.